The van der Waals surface area contributed by atoms with Crippen LogP contribution in [0.15, 0.2) is 24.3 Å². The Labute approximate surface area is 207 Å². The van der Waals surface area contributed by atoms with E-state index in [0.717, 1.165) is 64.3 Å². The number of carbonyl (C=O) groups is 1. The van der Waals surface area contributed by atoms with Gasteiger partial charge in [-0.25, -0.2) is 0 Å². The number of rotatable bonds is 24. The Morgan fingerprint density at radius 3 is 1.73 bits per heavy atom. The van der Waals surface area contributed by atoms with Crippen molar-refractivity contribution < 1.29 is 9.53 Å². The van der Waals surface area contributed by atoms with E-state index in [1.165, 1.54) is 57.8 Å². The SMILES string of the molecule is CCCCCC=CCCCCC(CCCC=CCCCCC)OC(=O)CCCCCN(C)C. The summed E-state index contributed by atoms with van der Waals surface area (Å²) in [4.78, 5) is 14.6. The van der Waals surface area contributed by atoms with Gasteiger partial charge in [-0.05, 0) is 104 Å². The highest BCUT2D eigenvalue weighted by Gasteiger charge is 2.13. The summed E-state index contributed by atoms with van der Waals surface area (Å²) in [5, 5.41) is 0. The average molecular weight is 464 g/mol. The Kier molecular flexibility index (Phi) is 24.7. The lowest BCUT2D eigenvalue weighted by Crippen LogP contribution is -2.18. The molecule has 33 heavy (non-hydrogen) atoms. The van der Waals surface area contributed by atoms with Gasteiger partial charge in [-0.1, -0.05) is 70.3 Å². The minimum absolute atomic E-state index is 0.00998. The maximum absolute atomic E-state index is 12.4. The third-order valence-corrected chi connectivity index (χ3v) is 6.11. The lowest BCUT2D eigenvalue weighted by molar-refractivity contribution is -0.150. The normalized spacial score (nSPS) is 12.9. The molecule has 0 saturated carbocycles. The van der Waals surface area contributed by atoms with Crippen LogP contribution in [-0.4, -0.2) is 37.6 Å². The zero-order chi connectivity index (χ0) is 24.4. The summed E-state index contributed by atoms with van der Waals surface area (Å²) in [5.41, 5.74) is 0. The van der Waals surface area contributed by atoms with E-state index >= 15 is 0 Å². The smallest absolute Gasteiger partial charge is 0.306 e. The maximum atomic E-state index is 12.4. The molecule has 0 bridgehead atoms. The molecule has 1 atom stereocenters. The van der Waals surface area contributed by atoms with Crippen molar-refractivity contribution in [2.75, 3.05) is 20.6 Å². The third kappa shape index (κ3) is 25.4. The van der Waals surface area contributed by atoms with Gasteiger partial charge in [0.2, 0.25) is 0 Å². The van der Waals surface area contributed by atoms with Crippen molar-refractivity contribution in [3.63, 3.8) is 0 Å². The van der Waals surface area contributed by atoms with E-state index in [9.17, 15) is 4.79 Å². The van der Waals surface area contributed by atoms with Crippen LogP contribution in [0.3, 0.4) is 0 Å². The van der Waals surface area contributed by atoms with E-state index in [4.69, 9.17) is 4.74 Å². The molecule has 3 heteroatoms. The van der Waals surface area contributed by atoms with Gasteiger partial charge in [-0.2, -0.15) is 0 Å². The quantitative estimate of drug-likeness (QED) is 0.0812. The van der Waals surface area contributed by atoms with Gasteiger partial charge in [-0.3, -0.25) is 4.79 Å². The summed E-state index contributed by atoms with van der Waals surface area (Å²) in [6, 6.07) is 0. The van der Waals surface area contributed by atoms with Crippen LogP contribution in [0.5, 0.6) is 0 Å². The molecule has 0 amide bonds. The number of ether oxygens (including phenoxy) is 1. The van der Waals surface area contributed by atoms with Crippen molar-refractivity contribution in [2.45, 2.75) is 142 Å². The monoisotopic (exact) mass is 463 g/mol. The molecule has 0 fully saturated rings. The molecule has 0 aromatic rings. The molecule has 0 N–H and O–H groups in total. The van der Waals surface area contributed by atoms with Gasteiger partial charge < -0.3 is 9.64 Å². The molecule has 0 aromatic heterocycles. The molecule has 0 aliphatic carbocycles. The average Bonchev–Trinajstić information content (AvgIpc) is 2.79. The van der Waals surface area contributed by atoms with E-state index in [-0.39, 0.29) is 12.1 Å². The van der Waals surface area contributed by atoms with Crippen LogP contribution < -0.4 is 0 Å². The van der Waals surface area contributed by atoms with Crippen molar-refractivity contribution >= 4 is 5.97 Å². The number of allylic oxidation sites excluding steroid dienone is 4. The number of hydrogen-bond acceptors (Lipinski definition) is 3. The number of esters is 1. The summed E-state index contributed by atoms with van der Waals surface area (Å²) >= 11 is 0. The standard InChI is InChI=1S/C30H57NO2/c1-5-7-9-11-13-15-17-19-22-26-29(25-21-18-16-14-12-10-8-6-2)33-30(32)27-23-20-24-28-31(3)4/h13-16,29H,5-12,17-28H2,1-4H3. The summed E-state index contributed by atoms with van der Waals surface area (Å²) < 4.78 is 5.92. The second kappa shape index (κ2) is 25.5. The lowest BCUT2D eigenvalue weighted by Gasteiger charge is -2.18. The largest absolute Gasteiger partial charge is 0.462 e. The number of hydrogen-bond donors (Lipinski definition) is 0. The van der Waals surface area contributed by atoms with Crippen LogP contribution in [0, 0.1) is 0 Å². The summed E-state index contributed by atoms with van der Waals surface area (Å²) in [6.07, 6.45) is 31.2. The van der Waals surface area contributed by atoms with Gasteiger partial charge in [0.1, 0.15) is 6.10 Å². The minimum atomic E-state index is 0.00998. The highest BCUT2D eigenvalue weighted by molar-refractivity contribution is 5.69. The van der Waals surface area contributed by atoms with E-state index < -0.39 is 0 Å². The molecular formula is C30H57NO2. The van der Waals surface area contributed by atoms with Gasteiger partial charge >= 0.3 is 5.97 Å². The molecule has 0 radical (unpaired) electrons. The molecule has 1 unspecified atom stereocenters. The highest BCUT2D eigenvalue weighted by atomic mass is 16.5. The second-order valence-electron chi connectivity index (χ2n) is 9.88. The highest BCUT2D eigenvalue weighted by Crippen LogP contribution is 2.16. The first-order valence-electron chi connectivity index (χ1n) is 14.2. The number of nitrogens with zero attached hydrogens (tertiary/aromatic N) is 1. The topological polar surface area (TPSA) is 29.5 Å². The Morgan fingerprint density at radius 1 is 0.667 bits per heavy atom. The first-order chi connectivity index (χ1) is 16.1. The van der Waals surface area contributed by atoms with Crippen molar-refractivity contribution in [2.24, 2.45) is 0 Å². The predicted octanol–water partition coefficient (Wildman–Crippen LogP) is 9.02. The van der Waals surface area contributed by atoms with Crippen molar-refractivity contribution in [1.29, 1.82) is 0 Å². The van der Waals surface area contributed by atoms with Crippen LogP contribution in [0.1, 0.15) is 136 Å². The fourth-order valence-electron chi connectivity index (χ4n) is 3.97. The Bertz CT molecular complexity index is 470. The van der Waals surface area contributed by atoms with E-state index in [1.54, 1.807) is 0 Å². The molecule has 3 nitrogen and oxygen atoms in total. The van der Waals surface area contributed by atoms with E-state index in [1.807, 2.05) is 0 Å². The summed E-state index contributed by atoms with van der Waals surface area (Å²) in [7, 11) is 4.20. The fourth-order valence-corrected chi connectivity index (χ4v) is 3.97. The van der Waals surface area contributed by atoms with Gasteiger partial charge in [-0.15, -0.1) is 0 Å². The Morgan fingerprint density at radius 2 is 1.18 bits per heavy atom. The van der Waals surface area contributed by atoms with Crippen molar-refractivity contribution in [3.8, 4) is 0 Å². The summed E-state index contributed by atoms with van der Waals surface area (Å²) in [5.74, 6) is 0.00998. The molecule has 0 spiro atoms. The predicted molar refractivity (Wildman–Crippen MR) is 146 cm³/mol. The zero-order valence-corrected chi connectivity index (χ0v) is 22.8. The van der Waals surface area contributed by atoms with Crippen LogP contribution in [-0.2, 0) is 9.53 Å². The maximum Gasteiger partial charge on any atom is 0.306 e. The summed E-state index contributed by atoms with van der Waals surface area (Å²) in [6.45, 7) is 5.59. The Hall–Kier alpha value is -1.09. The fraction of sp³-hybridized carbons (Fsp3) is 0.833. The third-order valence-electron chi connectivity index (χ3n) is 6.11. The van der Waals surface area contributed by atoms with E-state index in [2.05, 4.69) is 57.1 Å². The second-order valence-corrected chi connectivity index (χ2v) is 9.88. The van der Waals surface area contributed by atoms with Crippen LogP contribution in [0.25, 0.3) is 0 Å². The molecule has 0 aliphatic rings. The molecule has 0 heterocycles. The molecular weight excluding hydrogens is 406 g/mol. The molecule has 0 saturated heterocycles. The number of unbranched alkanes of at least 4 members (excludes halogenated alkanes) is 11. The van der Waals surface area contributed by atoms with Gasteiger partial charge in [0, 0.05) is 6.42 Å². The Balaban J connectivity index is 4.19. The van der Waals surface area contributed by atoms with Gasteiger partial charge in [0.25, 0.3) is 0 Å². The van der Waals surface area contributed by atoms with E-state index in [0.29, 0.717) is 6.42 Å². The van der Waals surface area contributed by atoms with Crippen LogP contribution in [0.4, 0.5) is 0 Å². The van der Waals surface area contributed by atoms with Crippen LogP contribution >= 0.6 is 0 Å². The molecule has 0 aromatic carbocycles. The first-order valence-corrected chi connectivity index (χ1v) is 14.2. The van der Waals surface area contributed by atoms with Crippen molar-refractivity contribution in [1.82, 2.24) is 4.90 Å². The molecule has 0 aliphatic heterocycles. The lowest BCUT2D eigenvalue weighted by atomic mass is 10.0. The molecule has 194 valence electrons. The minimum Gasteiger partial charge on any atom is -0.462 e. The van der Waals surface area contributed by atoms with Crippen LogP contribution in [0.2, 0.25) is 0 Å². The first kappa shape index (κ1) is 31.9. The van der Waals surface area contributed by atoms with Gasteiger partial charge in [0.05, 0.1) is 0 Å². The van der Waals surface area contributed by atoms with Crippen molar-refractivity contribution in [3.05, 3.63) is 24.3 Å². The number of carbonyl (C=O) groups excluding carboxylic acids is 1. The zero-order valence-electron chi connectivity index (χ0n) is 22.8. The molecule has 0 rings (SSSR count). The van der Waals surface area contributed by atoms with Gasteiger partial charge in [0.15, 0.2) is 0 Å².